The summed E-state index contributed by atoms with van der Waals surface area (Å²) >= 11 is 2.94. The quantitative estimate of drug-likeness (QED) is 0.355. The van der Waals surface area contributed by atoms with Crippen LogP contribution in [0.15, 0.2) is 87.9 Å². The van der Waals surface area contributed by atoms with Gasteiger partial charge in [-0.15, -0.1) is 11.3 Å². The van der Waals surface area contributed by atoms with Crippen LogP contribution in [0.25, 0.3) is 21.1 Å². The number of imidazole rings is 1. The van der Waals surface area contributed by atoms with Crippen molar-refractivity contribution in [1.82, 2.24) is 13.9 Å². The molecule has 160 valence electrons. The molecular formula is C25H21N3O2S2. The third kappa shape index (κ3) is 3.85. The van der Waals surface area contributed by atoms with Crippen LogP contribution in [0.5, 0.6) is 0 Å². The molecule has 0 atom stereocenters. The predicted octanol–water partition coefficient (Wildman–Crippen LogP) is 5.20. The molecule has 2 heterocycles. The first kappa shape index (κ1) is 20.6. The zero-order chi connectivity index (χ0) is 22.1. The number of para-hydroxylation sites is 2. The normalized spacial score (nSPS) is 11.3. The Morgan fingerprint density at radius 1 is 0.938 bits per heavy atom. The number of carbonyl (C=O) groups is 1. The number of aryl methyl sites for hydroxylation is 1. The second kappa shape index (κ2) is 8.68. The fourth-order valence-electron chi connectivity index (χ4n) is 3.99. The molecule has 0 radical (unpaired) electrons. The molecule has 0 unspecified atom stereocenters. The van der Waals surface area contributed by atoms with Crippen molar-refractivity contribution in [2.24, 2.45) is 0 Å². The molecule has 7 heteroatoms. The van der Waals surface area contributed by atoms with Gasteiger partial charge < -0.3 is 0 Å². The van der Waals surface area contributed by atoms with Crippen LogP contribution in [0, 0.1) is 6.92 Å². The zero-order valence-electron chi connectivity index (χ0n) is 17.4. The largest absolute Gasteiger partial charge is 0.329 e. The van der Waals surface area contributed by atoms with Crippen molar-refractivity contribution in [1.29, 1.82) is 0 Å². The summed E-state index contributed by atoms with van der Waals surface area (Å²) in [4.78, 5) is 27.0. The first-order valence-electron chi connectivity index (χ1n) is 10.3. The molecule has 3 aromatic carbocycles. The summed E-state index contributed by atoms with van der Waals surface area (Å²) < 4.78 is 7.37. The molecule has 0 aliphatic rings. The van der Waals surface area contributed by atoms with Crippen molar-refractivity contribution in [2.45, 2.75) is 24.9 Å². The maximum Gasteiger partial charge on any atom is 0.329 e. The van der Waals surface area contributed by atoms with E-state index in [2.05, 4.69) is 35.2 Å². The Labute approximate surface area is 193 Å². The van der Waals surface area contributed by atoms with Gasteiger partial charge in [0, 0.05) is 15.0 Å². The van der Waals surface area contributed by atoms with Crippen molar-refractivity contribution in [3.63, 3.8) is 0 Å². The molecule has 5 nitrogen and oxygen atoms in total. The van der Waals surface area contributed by atoms with Crippen LogP contribution in [0.2, 0.25) is 0 Å². The first-order valence-corrected chi connectivity index (χ1v) is 12.0. The van der Waals surface area contributed by atoms with Gasteiger partial charge >= 0.3 is 5.69 Å². The maximum atomic E-state index is 13.4. The lowest BCUT2D eigenvalue weighted by atomic mass is 10.1. The average Bonchev–Trinajstić information content (AvgIpc) is 3.34. The van der Waals surface area contributed by atoms with Gasteiger partial charge in [0.25, 0.3) is 0 Å². The van der Waals surface area contributed by atoms with Gasteiger partial charge in [0.1, 0.15) is 6.54 Å². The second-order valence-corrected chi connectivity index (χ2v) is 9.38. The topological polar surface area (TPSA) is 56.0 Å². The molecule has 32 heavy (non-hydrogen) atoms. The number of thiophene rings is 1. The van der Waals surface area contributed by atoms with Gasteiger partial charge in [-0.3, -0.25) is 18.7 Å². The van der Waals surface area contributed by atoms with E-state index < -0.39 is 0 Å². The van der Waals surface area contributed by atoms with Gasteiger partial charge in [-0.2, -0.15) is 0 Å². The number of fused-ring (bicyclic) bond motifs is 2. The summed E-state index contributed by atoms with van der Waals surface area (Å²) in [5, 5.41) is 3.33. The Morgan fingerprint density at radius 2 is 1.66 bits per heavy atom. The Balaban J connectivity index is 1.47. The highest BCUT2D eigenvalue weighted by Crippen LogP contribution is 2.29. The number of hydrogen-bond acceptors (Lipinski definition) is 4. The molecule has 0 aliphatic carbocycles. The van der Waals surface area contributed by atoms with E-state index in [4.69, 9.17) is 0 Å². The summed E-state index contributed by atoms with van der Waals surface area (Å²) in [5.41, 5.74) is 3.73. The summed E-state index contributed by atoms with van der Waals surface area (Å²) in [6, 6.07) is 23.5. The van der Waals surface area contributed by atoms with Gasteiger partial charge in [0.2, 0.25) is 5.91 Å². The SMILES string of the molecule is Cc1cccc2scc(Cn3c(=O)n(CC(=O)NSc4ccccc4)c4ccccc43)c12. The highest BCUT2D eigenvalue weighted by atomic mass is 32.2. The average molecular weight is 460 g/mol. The molecule has 2 aromatic heterocycles. The minimum atomic E-state index is -0.222. The van der Waals surface area contributed by atoms with E-state index in [9.17, 15) is 9.59 Å². The Bertz CT molecular complexity index is 1480. The van der Waals surface area contributed by atoms with Gasteiger partial charge in [0.05, 0.1) is 17.6 Å². The highest BCUT2D eigenvalue weighted by molar-refractivity contribution is 7.98. The molecule has 5 rings (SSSR count). The number of nitrogens with one attached hydrogen (secondary N) is 1. The van der Waals surface area contributed by atoms with Crippen molar-refractivity contribution < 1.29 is 4.79 Å². The molecule has 0 saturated heterocycles. The van der Waals surface area contributed by atoms with Crippen LogP contribution in [-0.4, -0.2) is 15.0 Å². The van der Waals surface area contributed by atoms with Crippen LogP contribution in [0.4, 0.5) is 0 Å². The minimum Gasteiger partial charge on any atom is -0.294 e. The number of nitrogens with zero attached hydrogens (tertiary/aromatic N) is 2. The number of hydrogen-bond donors (Lipinski definition) is 1. The Morgan fingerprint density at radius 3 is 2.44 bits per heavy atom. The van der Waals surface area contributed by atoms with Crippen LogP contribution < -0.4 is 10.4 Å². The van der Waals surface area contributed by atoms with Crippen LogP contribution >= 0.6 is 23.3 Å². The monoisotopic (exact) mass is 459 g/mol. The van der Waals surface area contributed by atoms with Crippen molar-refractivity contribution in [2.75, 3.05) is 0 Å². The summed E-state index contributed by atoms with van der Waals surface area (Å²) in [6.45, 7) is 2.53. The smallest absolute Gasteiger partial charge is 0.294 e. The summed E-state index contributed by atoms with van der Waals surface area (Å²) in [7, 11) is 0. The molecule has 0 fully saturated rings. The van der Waals surface area contributed by atoms with Crippen LogP contribution in [-0.2, 0) is 17.9 Å². The Hall–Kier alpha value is -3.29. The maximum absolute atomic E-state index is 13.4. The van der Waals surface area contributed by atoms with Gasteiger partial charge in [-0.1, -0.05) is 42.5 Å². The van der Waals surface area contributed by atoms with Crippen molar-refractivity contribution >= 4 is 50.3 Å². The molecular weight excluding hydrogens is 438 g/mol. The Kier molecular flexibility index (Phi) is 5.59. The standard InChI is InChI=1S/C25H21N3O2S2/c1-17-8-7-13-22-24(17)18(16-31-22)14-27-20-11-5-6-12-21(20)28(25(27)30)15-23(29)26-32-19-9-3-2-4-10-19/h2-13,16H,14-15H2,1H3,(H,26,29). The number of aromatic nitrogens is 2. The van der Waals surface area contributed by atoms with Crippen LogP contribution in [0.1, 0.15) is 11.1 Å². The van der Waals surface area contributed by atoms with E-state index in [1.165, 1.54) is 27.6 Å². The zero-order valence-corrected chi connectivity index (χ0v) is 19.1. The van der Waals surface area contributed by atoms with Gasteiger partial charge in [-0.25, -0.2) is 4.79 Å². The van der Waals surface area contributed by atoms with E-state index in [1.807, 2.05) is 54.6 Å². The predicted molar refractivity (Wildman–Crippen MR) is 132 cm³/mol. The summed E-state index contributed by atoms with van der Waals surface area (Å²) in [5.74, 6) is -0.222. The molecule has 1 N–H and O–H groups in total. The number of carbonyl (C=O) groups excluding carboxylic acids is 1. The lowest BCUT2D eigenvalue weighted by Gasteiger charge is -2.06. The molecule has 1 amide bonds. The molecule has 0 spiro atoms. The third-order valence-corrected chi connectivity index (χ3v) is 7.30. The molecule has 0 bridgehead atoms. The van der Waals surface area contributed by atoms with E-state index in [-0.39, 0.29) is 18.1 Å². The lowest BCUT2D eigenvalue weighted by molar-refractivity contribution is -0.119. The number of amides is 1. The van der Waals surface area contributed by atoms with E-state index in [0.717, 1.165) is 21.5 Å². The van der Waals surface area contributed by atoms with Gasteiger partial charge in [-0.05, 0) is 65.7 Å². The number of benzene rings is 3. The summed E-state index contributed by atoms with van der Waals surface area (Å²) in [6.07, 6.45) is 0. The third-order valence-electron chi connectivity index (χ3n) is 5.47. The van der Waals surface area contributed by atoms with E-state index >= 15 is 0 Å². The fourth-order valence-corrected chi connectivity index (χ4v) is 5.61. The first-order chi connectivity index (χ1) is 15.6. The molecule has 0 aliphatic heterocycles. The second-order valence-electron chi connectivity index (χ2n) is 7.59. The van der Waals surface area contributed by atoms with Crippen molar-refractivity contribution in [3.8, 4) is 0 Å². The lowest BCUT2D eigenvalue weighted by Crippen LogP contribution is -2.30. The molecule has 0 saturated carbocycles. The van der Waals surface area contributed by atoms with Crippen molar-refractivity contribution in [3.05, 3.63) is 99.8 Å². The van der Waals surface area contributed by atoms with E-state index in [1.54, 1.807) is 20.5 Å². The highest BCUT2D eigenvalue weighted by Gasteiger charge is 2.17. The minimum absolute atomic E-state index is 0.0322. The van der Waals surface area contributed by atoms with Crippen LogP contribution in [0.3, 0.4) is 0 Å². The number of rotatable bonds is 6. The van der Waals surface area contributed by atoms with E-state index in [0.29, 0.717) is 6.54 Å². The fraction of sp³-hybridized carbons (Fsp3) is 0.120. The molecule has 5 aromatic rings. The van der Waals surface area contributed by atoms with Gasteiger partial charge in [0.15, 0.2) is 0 Å².